The Labute approximate surface area is 128 Å². The molecule has 0 fully saturated rings. The van der Waals surface area contributed by atoms with E-state index in [1.165, 1.54) is 5.56 Å². The molecule has 2 rings (SSSR count). The molecule has 106 valence electrons. The van der Waals surface area contributed by atoms with Gasteiger partial charge in [-0.05, 0) is 30.7 Å². The van der Waals surface area contributed by atoms with Gasteiger partial charge < -0.3 is 14.8 Å². The second-order valence-corrected chi connectivity index (χ2v) is 5.32. The van der Waals surface area contributed by atoms with Crippen LogP contribution >= 0.6 is 15.9 Å². The summed E-state index contributed by atoms with van der Waals surface area (Å²) in [6.45, 7) is 2.74. The highest BCUT2D eigenvalue weighted by atomic mass is 79.9. The van der Waals surface area contributed by atoms with Crippen molar-refractivity contribution in [1.82, 2.24) is 0 Å². The van der Waals surface area contributed by atoms with Crippen LogP contribution in [0.1, 0.15) is 11.1 Å². The van der Waals surface area contributed by atoms with Crippen molar-refractivity contribution in [3.8, 4) is 11.5 Å². The molecular formula is C16H18BrNO2. The lowest BCUT2D eigenvalue weighted by molar-refractivity contribution is 0.352. The molecular weight excluding hydrogens is 318 g/mol. The molecule has 0 bridgehead atoms. The average Bonchev–Trinajstić information content (AvgIpc) is 2.47. The first-order chi connectivity index (χ1) is 9.65. The molecule has 0 aromatic heterocycles. The summed E-state index contributed by atoms with van der Waals surface area (Å²) in [5.41, 5.74) is 3.34. The Balaban J connectivity index is 2.16. The predicted molar refractivity (Wildman–Crippen MR) is 85.8 cm³/mol. The summed E-state index contributed by atoms with van der Waals surface area (Å²) in [7, 11) is 3.30. The van der Waals surface area contributed by atoms with Gasteiger partial charge in [-0.2, -0.15) is 0 Å². The summed E-state index contributed by atoms with van der Waals surface area (Å²) >= 11 is 3.54. The van der Waals surface area contributed by atoms with E-state index in [9.17, 15) is 0 Å². The number of rotatable bonds is 5. The van der Waals surface area contributed by atoms with E-state index in [4.69, 9.17) is 9.47 Å². The van der Waals surface area contributed by atoms with Crippen LogP contribution < -0.4 is 14.8 Å². The van der Waals surface area contributed by atoms with Gasteiger partial charge in [-0.1, -0.05) is 34.1 Å². The van der Waals surface area contributed by atoms with Gasteiger partial charge in [-0.3, -0.25) is 0 Å². The van der Waals surface area contributed by atoms with Crippen LogP contribution in [0, 0.1) is 6.92 Å². The van der Waals surface area contributed by atoms with E-state index in [-0.39, 0.29) is 0 Å². The van der Waals surface area contributed by atoms with Crippen LogP contribution in [0.3, 0.4) is 0 Å². The predicted octanol–water partition coefficient (Wildman–Crippen LogP) is 4.39. The molecule has 0 aliphatic heterocycles. The Hall–Kier alpha value is -1.68. The summed E-state index contributed by atoms with van der Waals surface area (Å²) in [6.07, 6.45) is 0. The largest absolute Gasteiger partial charge is 0.493 e. The molecule has 0 atom stereocenters. The molecule has 0 amide bonds. The summed E-state index contributed by atoms with van der Waals surface area (Å²) < 4.78 is 11.8. The summed E-state index contributed by atoms with van der Waals surface area (Å²) in [4.78, 5) is 0. The molecule has 0 spiro atoms. The highest BCUT2D eigenvalue weighted by Gasteiger charge is 2.09. The molecule has 0 unspecified atom stereocenters. The van der Waals surface area contributed by atoms with Gasteiger partial charge in [0.15, 0.2) is 11.5 Å². The molecule has 0 saturated heterocycles. The Morgan fingerprint density at radius 1 is 1.10 bits per heavy atom. The number of methoxy groups -OCH3 is 2. The fourth-order valence-electron chi connectivity index (χ4n) is 1.99. The summed E-state index contributed by atoms with van der Waals surface area (Å²) in [5.74, 6) is 1.52. The highest BCUT2D eigenvalue weighted by molar-refractivity contribution is 9.10. The van der Waals surface area contributed by atoms with E-state index >= 15 is 0 Å². The van der Waals surface area contributed by atoms with Crippen molar-refractivity contribution >= 4 is 21.6 Å². The SMILES string of the molecule is COc1cccc(CNc2ccc(C)c(Br)c2)c1OC. The van der Waals surface area contributed by atoms with Crippen molar-refractivity contribution in [2.75, 3.05) is 19.5 Å². The Kier molecular flexibility index (Phi) is 4.90. The van der Waals surface area contributed by atoms with Gasteiger partial charge in [0.05, 0.1) is 14.2 Å². The van der Waals surface area contributed by atoms with E-state index in [2.05, 4.69) is 46.4 Å². The smallest absolute Gasteiger partial charge is 0.165 e. The van der Waals surface area contributed by atoms with E-state index < -0.39 is 0 Å². The Morgan fingerprint density at radius 2 is 1.90 bits per heavy atom. The number of para-hydroxylation sites is 1. The van der Waals surface area contributed by atoms with E-state index in [0.29, 0.717) is 6.54 Å². The Bertz CT molecular complexity index is 599. The van der Waals surface area contributed by atoms with Crippen LogP contribution in [0.25, 0.3) is 0 Å². The lowest BCUT2D eigenvalue weighted by Gasteiger charge is -2.14. The lowest BCUT2D eigenvalue weighted by atomic mass is 10.1. The molecule has 0 aliphatic rings. The fourth-order valence-corrected chi connectivity index (χ4v) is 2.37. The second-order valence-electron chi connectivity index (χ2n) is 4.47. The van der Waals surface area contributed by atoms with Crippen molar-refractivity contribution < 1.29 is 9.47 Å². The van der Waals surface area contributed by atoms with Crippen molar-refractivity contribution in [2.24, 2.45) is 0 Å². The number of hydrogen-bond donors (Lipinski definition) is 1. The van der Waals surface area contributed by atoms with Crippen molar-refractivity contribution in [1.29, 1.82) is 0 Å². The van der Waals surface area contributed by atoms with Gasteiger partial charge in [0.2, 0.25) is 0 Å². The fraction of sp³-hybridized carbons (Fsp3) is 0.250. The van der Waals surface area contributed by atoms with E-state index in [0.717, 1.165) is 27.2 Å². The lowest BCUT2D eigenvalue weighted by Crippen LogP contribution is -2.03. The van der Waals surface area contributed by atoms with Crippen molar-refractivity contribution in [2.45, 2.75) is 13.5 Å². The van der Waals surface area contributed by atoms with Crippen LogP contribution in [0.5, 0.6) is 11.5 Å². The number of ether oxygens (including phenoxy) is 2. The number of nitrogens with one attached hydrogen (secondary N) is 1. The van der Waals surface area contributed by atoms with Gasteiger partial charge in [-0.25, -0.2) is 0 Å². The number of benzene rings is 2. The van der Waals surface area contributed by atoms with Crippen LogP contribution in [-0.2, 0) is 6.54 Å². The molecule has 2 aromatic carbocycles. The van der Waals surface area contributed by atoms with Crippen LogP contribution in [0.15, 0.2) is 40.9 Å². The summed E-state index contributed by atoms with van der Waals surface area (Å²) in [6, 6.07) is 12.1. The molecule has 2 aromatic rings. The number of anilines is 1. The molecule has 1 N–H and O–H groups in total. The minimum absolute atomic E-state index is 0.676. The topological polar surface area (TPSA) is 30.5 Å². The summed E-state index contributed by atoms with van der Waals surface area (Å²) in [5, 5.41) is 3.39. The number of halogens is 1. The molecule has 20 heavy (non-hydrogen) atoms. The first-order valence-corrected chi connectivity index (χ1v) is 7.15. The van der Waals surface area contributed by atoms with Gasteiger partial charge in [0, 0.05) is 22.3 Å². The Morgan fingerprint density at radius 3 is 2.55 bits per heavy atom. The van der Waals surface area contributed by atoms with Crippen molar-refractivity contribution in [3.05, 3.63) is 52.0 Å². The van der Waals surface area contributed by atoms with Crippen LogP contribution in [0.4, 0.5) is 5.69 Å². The molecule has 0 saturated carbocycles. The highest BCUT2D eigenvalue weighted by Crippen LogP contribution is 2.31. The number of hydrogen-bond acceptors (Lipinski definition) is 3. The van der Waals surface area contributed by atoms with Gasteiger partial charge in [-0.15, -0.1) is 0 Å². The minimum atomic E-state index is 0.676. The van der Waals surface area contributed by atoms with E-state index in [1.54, 1.807) is 14.2 Å². The quantitative estimate of drug-likeness (QED) is 0.879. The zero-order chi connectivity index (χ0) is 14.5. The third kappa shape index (κ3) is 3.25. The maximum Gasteiger partial charge on any atom is 0.165 e. The van der Waals surface area contributed by atoms with Gasteiger partial charge >= 0.3 is 0 Å². The van der Waals surface area contributed by atoms with Crippen molar-refractivity contribution in [3.63, 3.8) is 0 Å². The standard InChI is InChI=1S/C16H18BrNO2/c1-11-7-8-13(9-14(11)17)18-10-12-5-4-6-15(19-2)16(12)20-3/h4-9,18H,10H2,1-3H3. The second kappa shape index (κ2) is 6.66. The number of aryl methyl sites for hydroxylation is 1. The average molecular weight is 336 g/mol. The third-order valence-electron chi connectivity index (χ3n) is 3.14. The maximum absolute atomic E-state index is 5.42. The zero-order valence-corrected chi connectivity index (χ0v) is 13.5. The van der Waals surface area contributed by atoms with Crippen LogP contribution in [0.2, 0.25) is 0 Å². The monoisotopic (exact) mass is 335 g/mol. The first kappa shape index (κ1) is 14.7. The molecule has 4 heteroatoms. The normalized spacial score (nSPS) is 10.2. The molecule has 0 heterocycles. The van der Waals surface area contributed by atoms with Crippen LogP contribution in [-0.4, -0.2) is 14.2 Å². The maximum atomic E-state index is 5.42. The van der Waals surface area contributed by atoms with Gasteiger partial charge in [0.25, 0.3) is 0 Å². The first-order valence-electron chi connectivity index (χ1n) is 6.35. The zero-order valence-electron chi connectivity index (χ0n) is 11.9. The van der Waals surface area contributed by atoms with E-state index in [1.807, 2.05) is 18.2 Å². The van der Waals surface area contributed by atoms with Gasteiger partial charge in [0.1, 0.15) is 0 Å². The molecule has 0 radical (unpaired) electrons. The minimum Gasteiger partial charge on any atom is -0.493 e. The molecule has 3 nitrogen and oxygen atoms in total. The molecule has 0 aliphatic carbocycles. The third-order valence-corrected chi connectivity index (χ3v) is 3.99.